The summed E-state index contributed by atoms with van der Waals surface area (Å²) in [6.45, 7) is 8.00. The highest BCUT2D eigenvalue weighted by Gasteiger charge is 2.37. The van der Waals surface area contributed by atoms with Gasteiger partial charge in [0, 0.05) is 24.8 Å². The zero-order valence-electron chi connectivity index (χ0n) is 28.4. The van der Waals surface area contributed by atoms with E-state index in [9.17, 15) is 38.1 Å². The van der Waals surface area contributed by atoms with E-state index < -0.39 is 75.9 Å². The molecule has 3 amide bonds. The summed E-state index contributed by atoms with van der Waals surface area (Å²) in [4.78, 5) is 39.1. The molecule has 49 heavy (non-hydrogen) atoms. The first kappa shape index (κ1) is 38.8. The Morgan fingerprint density at radius 3 is 2.10 bits per heavy atom. The lowest BCUT2D eigenvalue weighted by atomic mass is 9.85. The van der Waals surface area contributed by atoms with Crippen molar-refractivity contribution in [2.24, 2.45) is 11.3 Å². The molecule has 0 unspecified atom stereocenters. The van der Waals surface area contributed by atoms with Crippen molar-refractivity contribution >= 4 is 33.4 Å². The Hall–Kier alpha value is -4.66. The predicted molar refractivity (Wildman–Crippen MR) is 186 cm³/mol. The van der Waals surface area contributed by atoms with Gasteiger partial charge in [0.15, 0.2) is 11.5 Å². The second kappa shape index (κ2) is 16.6. The van der Waals surface area contributed by atoms with Gasteiger partial charge in [-0.25, -0.2) is 8.42 Å². The van der Waals surface area contributed by atoms with Crippen LogP contribution in [0.2, 0.25) is 0 Å². The monoisotopic (exact) mass is 697 g/mol. The minimum absolute atomic E-state index is 0.00800. The number of sulfonamides is 1. The number of phenolic OH excluding ortho intramolecular Hbond substituents is 2. The Bertz CT molecular complexity index is 1710. The van der Waals surface area contributed by atoms with Crippen LogP contribution in [0, 0.1) is 11.3 Å². The number of nitrogens with two attached hydrogens (primary N) is 1. The van der Waals surface area contributed by atoms with Gasteiger partial charge in [0.05, 0.1) is 29.1 Å². The number of aliphatic hydroxyl groups excluding tert-OH is 1. The maximum absolute atomic E-state index is 13.9. The number of carbonyl (C=O) groups is 3. The number of hydrogen-bond acceptors (Lipinski definition) is 9. The van der Waals surface area contributed by atoms with Crippen molar-refractivity contribution in [1.82, 2.24) is 20.3 Å². The molecule has 0 bridgehead atoms. The SMILES string of the molecule is CC(C)CN(C[C@@H](O)[C@H](Cc1ccccc1)NC(=O)[C@@H](NC(=O)CNC(=O)c1ccccc1N)C(C)(C)C)S(=O)(=O)c1ccc(O)c(O)c1. The quantitative estimate of drug-likeness (QED) is 0.0917. The summed E-state index contributed by atoms with van der Waals surface area (Å²) in [5.74, 6) is -3.07. The van der Waals surface area contributed by atoms with E-state index in [1.54, 1.807) is 77.1 Å². The molecule has 0 saturated carbocycles. The summed E-state index contributed by atoms with van der Waals surface area (Å²) in [6, 6.07) is 16.4. The summed E-state index contributed by atoms with van der Waals surface area (Å²) in [6.07, 6.45) is -1.29. The van der Waals surface area contributed by atoms with E-state index >= 15 is 0 Å². The molecule has 0 radical (unpaired) electrons. The molecule has 0 aliphatic heterocycles. The maximum Gasteiger partial charge on any atom is 0.253 e. The number of para-hydroxylation sites is 1. The lowest BCUT2D eigenvalue weighted by Gasteiger charge is -2.34. The number of amides is 3. The maximum atomic E-state index is 13.9. The fourth-order valence-electron chi connectivity index (χ4n) is 5.09. The number of phenols is 2. The molecule has 0 aliphatic carbocycles. The van der Waals surface area contributed by atoms with Crippen molar-refractivity contribution in [3.05, 3.63) is 83.9 Å². The summed E-state index contributed by atoms with van der Waals surface area (Å²) in [5, 5.41) is 39.3. The topological polar surface area (TPSA) is 211 Å². The average Bonchev–Trinajstić information content (AvgIpc) is 3.02. The van der Waals surface area contributed by atoms with Crippen molar-refractivity contribution in [1.29, 1.82) is 0 Å². The minimum Gasteiger partial charge on any atom is -0.504 e. The number of carbonyl (C=O) groups excluding carboxylic acids is 3. The van der Waals surface area contributed by atoms with E-state index in [0.29, 0.717) is 0 Å². The molecule has 3 rings (SSSR count). The molecular weight excluding hydrogens is 650 g/mol. The molecule has 14 heteroatoms. The van der Waals surface area contributed by atoms with E-state index in [-0.39, 0.29) is 35.0 Å². The van der Waals surface area contributed by atoms with Gasteiger partial charge in [-0.3, -0.25) is 14.4 Å². The first-order valence-electron chi connectivity index (χ1n) is 15.9. The Labute approximate surface area is 287 Å². The van der Waals surface area contributed by atoms with Crippen molar-refractivity contribution in [2.45, 2.75) is 64.1 Å². The van der Waals surface area contributed by atoms with Crippen LogP contribution in [-0.2, 0) is 26.0 Å². The van der Waals surface area contributed by atoms with Gasteiger partial charge < -0.3 is 37.0 Å². The number of nitrogens with one attached hydrogen (secondary N) is 3. The Morgan fingerprint density at radius 1 is 0.878 bits per heavy atom. The largest absolute Gasteiger partial charge is 0.504 e. The number of aliphatic hydroxyl groups is 1. The van der Waals surface area contributed by atoms with Crippen molar-refractivity contribution in [3.63, 3.8) is 0 Å². The zero-order valence-corrected chi connectivity index (χ0v) is 29.2. The number of nitrogen functional groups attached to an aromatic ring is 1. The Balaban J connectivity index is 1.84. The van der Waals surface area contributed by atoms with Crippen molar-refractivity contribution in [2.75, 3.05) is 25.4 Å². The van der Waals surface area contributed by atoms with Gasteiger partial charge in [-0.2, -0.15) is 4.31 Å². The summed E-state index contributed by atoms with van der Waals surface area (Å²) in [7, 11) is -4.27. The van der Waals surface area contributed by atoms with Crippen LogP contribution in [0.25, 0.3) is 0 Å². The molecule has 8 N–H and O–H groups in total. The molecule has 0 heterocycles. The van der Waals surface area contributed by atoms with Gasteiger partial charge in [-0.1, -0.05) is 77.1 Å². The van der Waals surface area contributed by atoms with E-state index in [1.807, 2.05) is 6.07 Å². The third-order valence-electron chi connectivity index (χ3n) is 7.68. The number of rotatable bonds is 15. The van der Waals surface area contributed by atoms with Gasteiger partial charge in [0.2, 0.25) is 21.8 Å². The fraction of sp³-hybridized carbons (Fsp3) is 0.400. The number of anilines is 1. The number of benzene rings is 3. The Kier molecular flexibility index (Phi) is 13.2. The van der Waals surface area contributed by atoms with Crippen LogP contribution in [0.3, 0.4) is 0 Å². The molecule has 3 atom stereocenters. The minimum atomic E-state index is -4.27. The second-order valence-electron chi connectivity index (χ2n) is 13.4. The van der Waals surface area contributed by atoms with Gasteiger partial charge in [0.1, 0.15) is 6.04 Å². The number of nitrogens with zero attached hydrogens (tertiary/aromatic N) is 1. The van der Waals surface area contributed by atoms with Gasteiger partial charge in [-0.05, 0) is 47.6 Å². The fourth-order valence-corrected chi connectivity index (χ4v) is 6.73. The molecule has 0 aromatic heterocycles. The first-order valence-corrected chi connectivity index (χ1v) is 17.3. The highest BCUT2D eigenvalue weighted by molar-refractivity contribution is 7.89. The van der Waals surface area contributed by atoms with E-state index in [1.165, 1.54) is 6.07 Å². The van der Waals surface area contributed by atoms with Gasteiger partial charge in [-0.15, -0.1) is 0 Å². The van der Waals surface area contributed by atoms with Gasteiger partial charge in [0.25, 0.3) is 5.91 Å². The molecular formula is C35H47N5O8S. The summed E-state index contributed by atoms with van der Waals surface area (Å²) in [5.41, 5.74) is 6.25. The third kappa shape index (κ3) is 10.9. The molecule has 266 valence electrons. The lowest BCUT2D eigenvalue weighted by molar-refractivity contribution is -0.132. The molecule has 13 nitrogen and oxygen atoms in total. The number of aromatic hydroxyl groups is 2. The van der Waals surface area contributed by atoms with Crippen LogP contribution in [0.1, 0.15) is 50.5 Å². The van der Waals surface area contributed by atoms with Crippen LogP contribution in [-0.4, -0.2) is 83.6 Å². The van der Waals surface area contributed by atoms with E-state index in [0.717, 1.165) is 28.1 Å². The molecule has 0 aliphatic rings. The predicted octanol–water partition coefficient (Wildman–Crippen LogP) is 2.38. The molecule has 3 aromatic rings. The van der Waals surface area contributed by atoms with Crippen molar-refractivity contribution in [3.8, 4) is 11.5 Å². The van der Waals surface area contributed by atoms with Crippen LogP contribution in [0.4, 0.5) is 5.69 Å². The molecule has 0 saturated heterocycles. The van der Waals surface area contributed by atoms with Crippen LogP contribution in [0.5, 0.6) is 11.5 Å². The summed E-state index contributed by atoms with van der Waals surface area (Å²) >= 11 is 0. The van der Waals surface area contributed by atoms with E-state index in [4.69, 9.17) is 5.73 Å². The average molecular weight is 698 g/mol. The smallest absolute Gasteiger partial charge is 0.253 e. The van der Waals surface area contributed by atoms with Crippen LogP contribution >= 0.6 is 0 Å². The molecule has 3 aromatic carbocycles. The zero-order chi connectivity index (χ0) is 36.5. The standard InChI is InChI=1S/C35H47N5O8S/c1-22(2)20-40(49(47,48)24-15-16-28(41)29(42)18-24)21-30(43)27(17-23-11-7-6-8-12-23)38-34(46)32(35(3,4)5)39-31(44)19-37-33(45)25-13-9-10-14-26(25)36/h6-16,18,22,27,30,32,41-43H,17,19-21,36H2,1-5H3,(H,37,45)(H,38,46)(H,39,44)/t27-,30+,32+/m0/s1. The number of hydrogen-bond donors (Lipinski definition) is 7. The first-order chi connectivity index (χ1) is 22.9. The lowest BCUT2D eigenvalue weighted by Crippen LogP contribution is -2.59. The third-order valence-corrected chi connectivity index (χ3v) is 9.51. The highest BCUT2D eigenvalue weighted by Crippen LogP contribution is 2.29. The second-order valence-corrected chi connectivity index (χ2v) is 15.3. The van der Waals surface area contributed by atoms with Crippen molar-refractivity contribution < 1.29 is 38.1 Å². The summed E-state index contributed by atoms with van der Waals surface area (Å²) < 4.78 is 28.5. The van der Waals surface area contributed by atoms with Gasteiger partial charge >= 0.3 is 0 Å². The molecule has 0 fully saturated rings. The molecule has 0 spiro atoms. The van der Waals surface area contributed by atoms with Crippen LogP contribution in [0.15, 0.2) is 77.7 Å². The normalized spacial score (nSPS) is 13.8. The van der Waals surface area contributed by atoms with E-state index in [2.05, 4.69) is 16.0 Å². The highest BCUT2D eigenvalue weighted by atomic mass is 32.2. The Morgan fingerprint density at radius 2 is 1.51 bits per heavy atom. The van der Waals surface area contributed by atoms with Crippen LogP contribution < -0.4 is 21.7 Å².